The Kier molecular flexibility index (Phi) is 4.72. The fourth-order valence-corrected chi connectivity index (χ4v) is 4.37. The molecule has 0 saturated carbocycles. The Balaban J connectivity index is 1.58. The summed E-state index contributed by atoms with van der Waals surface area (Å²) in [7, 11) is 0. The minimum atomic E-state index is 0.0444. The van der Waals surface area contributed by atoms with Crippen molar-refractivity contribution in [2.75, 3.05) is 26.3 Å². The van der Waals surface area contributed by atoms with Crippen molar-refractivity contribution >= 4 is 5.91 Å². The van der Waals surface area contributed by atoms with Crippen molar-refractivity contribution in [3.05, 3.63) is 42.2 Å². The summed E-state index contributed by atoms with van der Waals surface area (Å²) >= 11 is 0. The molecule has 1 amide bonds. The fourth-order valence-electron chi connectivity index (χ4n) is 4.37. The van der Waals surface area contributed by atoms with Crippen molar-refractivity contribution < 1.29 is 9.53 Å². The third-order valence-electron chi connectivity index (χ3n) is 5.87. The number of rotatable bonds is 4. The lowest BCUT2D eigenvalue weighted by Gasteiger charge is -2.37. The fraction of sp³-hybridized carbons (Fsp3) is 0.579. The standard InChI is InChI=1S/C19H25N5O2/c1-2-23-14-21-22-18(23)16-12-24(13-19(16)5-8-26-9-6-19)17(25)10-15-4-3-7-20-11-15/h3-4,7,11,14,16H,2,5-6,8-10,12-13H2,1H3. The zero-order chi connectivity index (χ0) is 18.0. The van der Waals surface area contributed by atoms with Gasteiger partial charge in [-0.3, -0.25) is 9.78 Å². The van der Waals surface area contributed by atoms with E-state index in [2.05, 4.69) is 26.7 Å². The van der Waals surface area contributed by atoms with Crippen LogP contribution in [0.4, 0.5) is 0 Å². The number of likely N-dealkylation sites (tertiary alicyclic amines) is 1. The van der Waals surface area contributed by atoms with E-state index < -0.39 is 0 Å². The maximum atomic E-state index is 12.9. The lowest BCUT2D eigenvalue weighted by Crippen LogP contribution is -2.38. The number of aryl methyl sites for hydroxylation is 1. The van der Waals surface area contributed by atoms with Crippen molar-refractivity contribution in [2.24, 2.45) is 5.41 Å². The van der Waals surface area contributed by atoms with E-state index in [1.807, 2.05) is 17.0 Å². The smallest absolute Gasteiger partial charge is 0.227 e. The molecule has 1 spiro atoms. The number of carbonyl (C=O) groups excluding carboxylic acids is 1. The molecule has 4 rings (SSSR count). The zero-order valence-corrected chi connectivity index (χ0v) is 15.2. The van der Waals surface area contributed by atoms with E-state index in [9.17, 15) is 4.79 Å². The Bertz CT molecular complexity index is 754. The number of nitrogens with zero attached hydrogens (tertiary/aromatic N) is 5. The Morgan fingerprint density at radius 2 is 2.23 bits per heavy atom. The molecule has 2 aromatic heterocycles. The first-order valence-corrected chi connectivity index (χ1v) is 9.34. The van der Waals surface area contributed by atoms with Crippen molar-refractivity contribution in [1.29, 1.82) is 0 Å². The summed E-state index contributed by atoms with van der Waals surface area (Å²) in [5.74, 6) is 1.38. The van der Waals surface area contributed by atoms with Gasteiger partial charge >= 0.3 is 0 Å². The maximum absolute atomic E-state index is 12.9. The number of carbonyl (C=O) groups is 1. The van der Waals surface area contributed by atoms with Crippen molar-refractivity contribution in [1.82, 2.24) is 24.6 Å². The first-order valence-electron chi connectivity index (χ1n) is 9.34. The predicted octanol–water partition coefficient (Wildman–Crippen LogP) is 1.66. The van der Waals surface area contributed by atoms with Gasteiger partial charge in [-0.2, -0.15) is 0 Å². The van der Waals surface area contributed by atoms with Crippen LogP contribution < -0.4 is 0 Å². The summed E-state index contributed by atoms with van der Waals surface area (Å²) in [5, 5.41) is 8.54. The van der Waals surface area contributed by atoms with Gasteiger partial charge in [-0.15, -0.1) is 10.2 Å². The van der Waals surface area contributed by atoms with E-state index in [1.165, 1.54) is 0 Å². The summed E-state index contributed by atoms with van der Waals surface area (Å²) in [4.78, 5) is 19.1. The molecule has 2 saturated heterocycles. The van der Waals surface area contributed by atoms with Crippen LogP contribution in [-0.2, 0) is 22.5 Å². The molecule has 0 aliphatic carbocycles. The Morgan fingerprint density at radius 3 is 2.96 bits per heavy atom. The van der Waals surface area contributed by atoms with Crippen LogP contribution in [-0.4, -0.2) is 56.9 Å². The highest BCUT2D eigenvalue weighted by Crippen LogP contribution is 2.49. The van der Waals surface area contributed by atoms with Crippen molar-refractivity contribution in [3.8, 4) is 0 Å². The van der Waals surface area contributed by atoms with E-state index in [0.717, 1.165) is 50.5 Å². The number of hydrogen-bond acceptors (Lipinski definition) is 5. The molecule has 1 atom stereocenters. The largest absolute Gasteiger partial charge is 0.381 e. The van der Waals surface area contributed by atoms with Gasteiger partial charge in [-0.1, -0.05) is 6.07 Å². The highest BCUT2D eigenvalue weighted by atomic mass is 16.5. The van der Waals surface area contributed by atoms with Gasteiger partial charge in [0.1, 0.15) is 12.2 Å². The SMILES string of the molecule is CCn1cnnc1C1CN(C(=O)Cc2cccnc2)CC12CCOCC2. The second-order valence-electron chi connectivity index (χ2n) is 7.31. The van der Waals surface area contributed by atoms with Crippen LogP contribution in [0, 0.1) is 5.41 Å². The van der Waals surface area contributed by atoms with Gasteiger partial charge in [0, 0.05) is 56.6 Å². The molecule has 1 unspecified atom stereocenters. The normalized spacial score (nSPS) is 22.0. The first kappa shape index (κ1) is 17.1. The quantitative estimate of drug-likeness (QED) is 0.834. The van der Waals surface area contributed by atoms with Crippen LogP contribution >= 0.6 is 0 Å². The van der Waals surface area contributed by atoms with Crippen LogP contribution in [0.2, 0.25) is 0 Å². The molecule has 7 heteroatoms. The van der Waals surface area contributed by atoms with Crippen LogP contribution in [0.3, 0.4) is 0 Å². The van der Waals surface area contributed by atoms with Crippen LogP contribution in [0.15, 0.2) is 30.9 Å². The highest BCUT2D eigenvalue weighted by molar-refractivity contribution is 5.79. The van der Waals surface area contributed by atoms with Gasteiger partial charge in [0.25, 0.3) is 0 Å². The molecular weight excluding hydrogens is 330 g/mol. The molecule has 2 aliphatic heterocycles. The average molecular weight is 355 g/mol. The summed E-state index contributed by atoms with van der Waals surface area (Å²) in [5.41, 5.74) is 1.00. The minimum Gasteiger partial charge on any atom is -0.381 e. The topological polar surface area (TPSA) is 73.1 Å². The molecule has 2 fully saturated rings. The van der Waals surface area contributed by atoms with Crippen molar-refractivity contribution in [2.45, 2.75) is 38.6 Å². The van der Waals surface area contributed by atoms with Gasteiger partial charge < -0.3 is 14.2 Å². The Morgan fingerprint density at radius 1 is 1.38 bits per heavy atom. The summed E-state index contributed by atoms with van der Waals surface area (Å²) in [6.45, 7) is 5.93. The van der Waals surface area contributed by atoms with Gasteiger partial charge in [-0.05, 0) is 31.4 Å². The second kappa shape index (κ2) is 7.15. The van der Waals surface area contributed by atoms with Gasteiger partial charge in [-0.25, -0.2) is 0 Å². The van der Waals surface area contributed by atoms with Crippen molar-refractivity contribution in [3.63, 3.8) is 0 Å². The summed E-state index contributed by atoms with van der Waals surface area (Å²) < 4.78 is 7.72. The molecule has 0 bridgehead atoms. The third-order valence-corrected chi connectivity index (χ3v) is 5.87. The second-order valence-corrected chi connectivity index (χ2v) is 7.31. The molecule has 2 aliphatic rings. The van der Waals surface area contributed by atoms with E-state index in [-0.39, 0.29) is 17.2 Å². The Hall–Kier alpha value is -2.28. The number of pyridine rings is 1. The maximum Gasteiger partial charge on any atom is 0.227 e. The molecule has 0 N–H and O–H groups in total. The third kappa shape index (κ3) is 3.11. The molecule has 0 aromatic carbocycles. The number of amides is 1. The average Bonchev–Trinajstić information content (AvgIpc) is 3.27. The minimum absolute atomic E-state index is 0.0444. The number of hydrogen-bond donors (Lipinski definition) is 0. The molecule has 26 heavy (non-hydrogen) atoms. The monoisotopic (exact) mass is 355 g/mol. The highest BCUT2D eigenvalue weighted by Gasteiger charge is 2.50. The van der Waals surface area contributed by atoms with Gasteiger partial charge in [0.05, 0.1) is 6.42 Å². The lowest BCUT2D eigenvalue weighted by atomic mass is 9.71. The van der Waals surface area contributed by atoms with Gasteiger partial charge in [0.15, 0.2) is 0 Å². The van der Waals surface area contributed by atoms with E-state index in [0.29, 0.717) is 13.0 Å². The molecular formula is C19H25N5O2. The van der Waals surface area contributed by atoms with Crippen LogP contribution in [0.25, 0.3) is 0 Å². The van der Waals surface area contributed by atoms with E-state index in [4.69, 9.17) is 4.74 Å². The number of ether oxygens (including phenoxy) is 1. The molecule has 2 aromatic rings. The van der Waals surface area contributed by atoms with Crippen LogP contribution in [0.5, 0.6) is 0 Å². The molecule has 7 nitrogen and oxygen atoms in total. The molecule has 138 valence electrons. The predicted molar refractivity (Wildman–Crippen MR) is 95.4 cm³/mol. The van der Waals surface area contributed by atoms with Crippen LogP contribution in [0.1, 0.15) is 37.1 Å². The summed E-state index contributed by atoms with van der Waals surface area (Å²) in [6.07, 6.45) is 7.61. The summed E-state index contributed by atoms with van der Waals surface area (Å²) in [6, 6.07) is 3.83. The lowest BCUT2D eigenvalue weighted by molar-refractivity contribution is -0.130. The molecule has 0 radical (unpaired) electrons. The van der Waals surface area contributed by atoms with E-state index >= 15 is 0 Å². The molecule has 4 heterocycles. The zero-order valence-electron chi connectivity index (χ0n) is 15.2. The van der Waals surface area contributed by atoms with Gasteiger partial charge in [0.2, 0.25) is 5.91 Å². The Labute approximate surface area is 153 Å². The first-order chi connectivity index (χ1) is 12.7. The number of aromatic nitrogens is 4. The van der Waals surface area contributed by atoms with E-state index in [1.54, 1.807) is 18.7 Å².